The van der Waals surface area contributed by atoms with E-state index in [0.717, 1.165) is 53.4 Å². The molecule has 0 N–H and O–H groups in total. The largest absolute Gasteiger partial charge is 0.497 e. The predicted molar refractivity (Wildman–Crippen MR) is 107 cm³/mol. The summed E-state index contributed by atoms with van der Waals surface area (Å²) in [6, 6.07) is 8.03. The van der Waals surface area contributed by atoms with Crippen molar-refractivity contribution in [2.45, 2.75) is 32.4 Å². The molecule has 0 radical (unpaired) electrons. The summed E-state index contributed by atoms with van der Waals surface area (Å²) in [4.78, 5) is 15.2. The van der Waals surface area contributed by atoms with Crippen LogP contribution in [0.15, 0.2) is 35.0 Å². The number of amides is 1. The van der Waals surface area contributed by atoms with Gasteiger partial charge in [-0.2, -0.15) is 16.4 Å². The SMILES string of the molecule is COc1ccc2c(c1)OCc1c(C(=O)N3CCCC3C)nn(-c3ccsc3)c1-2. The van der Waals surface area contributed by atoms with Crippen molar-refractivity contribution in [1.82, 2.24) is 14.7 Å². The number of carbonyl (C=O) groups excluding carboxylic acids is 1. The minimum atomic E-state index is -0.00390. The summed E-state index contributed by atoms with van der Waals surface area (Å²) in [5.41, 5.74) is 4.16. The smallest absolute Gasteiger partial charge is 0.275 e. The lowest BCUT2D eigenvalue weighted by Gasteiger charge is -2.22. The molecule has 2 aromatic heterocycles. The zero-order valence-electron chi connectivity index (χ0n) is 15.8. The van der Waals surface area contributed by atoms with Gasteiger partial charge in [0, 0.05) is 35.2 Å². The molecule has 0 aliphatic carbocycles. The van der Waals surface area contributed by atoms with Crippen molar-refractivity contribution in [3.8, 4) is 28.4 Å². The van der Waals surface area contributed by atoms with Crippen LogP contribution in [0, 0.1) is 0 Å². The lowest BCUT2D eigenvalue weighted by atomic mass is 10.0. The van der Waals surface area contributed by atoms with E-state index in [4.69, 9.17) is 14.6 Å². The van der Waals surface area contributed by atoms with E-state index in [-0.39, 0.29) is 11.9 Å². The number of ether oxygens (including phenoxy) is 2. The van der Waals surface area contributed by atoms with Crippen LogP contribution in [0.4, 0.5) is 0 Å². The van der Waals surface area contributed by atoms with Crippen molar-refractivity contribution in [3.63, 3.8) is 0 Å². The molecule has 4 heterocycles. The first kappa shape index (κ1) is 17.3. The third-order valence-corrected chi connectivity index (χ3v) is 6.24. The fourth-order valence-electron chi connectivity index (χ4n) is 4.07. The lowest BCUT2D eigenvalue weighted by Crippen LogP contribution is -2.34. The number of likely N-dealkylation sites (tertiary alicyclic amines) is 1. The zero-order valence-corrected chi connectivity index (χ0v) is 16.7. The monoisotopic (exact) mass is 395 g/mol. The van der Waals surface area contributed by atoms with E-state index in [1.54, 1.807) is 18.4 Å². The molecule has 1 saturated heterocycles. The number of fused-ring (bicyclic) bond motifs is 3. The van der Waals surface area contributed by atoms with E-state index >= 15 is 0 Å². The maximum absolute atomic E-state index is 13.3. The van der Waals surface area contributed by atoms with E-state index < -0.39 is 0 Å². The van der Waals surface area contributed by atoms with E-state index in [1.807, 2.05) is 44.6 Å². The van der Waals surface area contributed by atoms with Crippen LogP contribution in [-0.4, -0.2) is 40.3 Å². The van der Waals surface area contributed by atoms with Crippen LogP contribution in [0.2, 0.25) is 0 Å². The predicted octanol–water partition coefficient (Wildman–Crippen LogP) is 4.13. The van der Waals surface area contributed by atoms with Gasteiger partial charge in [-0.05, 0) is 43.3 Å². The Morgan fingerprint density at radius 1 is 1.36 bits per heavy atom. The quantitative estimate of drug-likeness (QED) is 0.669. The summed E-state index contributed by atoms with van der Waals surface area (Å²) in [6.45, 7) is 3.21. The molecule has 1 aromatic carbocycles. The van der Waals surface area contributed by atoms with Gasteiger partial charge < -0.3 is 14.4 Å². The van der Waals surface area contributed by atoms with Crippen LogP contribution in [0.3, 0.4) is 0 Å². The molecule has 0 spiro atoms. The Kier molecular flexibility index (Phi) is 4.12. The van der Waals surface area contributed by atoms with Crippen molar-refractivity contribution in [1.29, 1.82) is 0 Å². The molecule has 0 bridgehead atoms. The van der Waals surface area contributed by atoms with Gasteiger partial charge >= 0.3 is 0 Å². The molecule has 2 aliphatic heterocycles. The highest BCUT2D eigenvalue weighted by Crippen LogP contribution is 2.42. The third-order valence-electron chi connectivity index (χ3n) is 5.57. The van der Waals surface area contributed by atoms with Gasteiger partial charge in [0.2, 0.25) is 0 Å². The molecule has 1 atom stereocenters. The van der Waals surface area contributed by atoms with Crippen molar-refractivity contribution in [3.05, 3.63) is 46.3 Å². The zero-order chi connectivity index (χ0) is 19.3. The van der Waals surface area contributed by atoms with Gasteiger partial charge in [-0.25, -0.2) is 4.68 Å². The van der Waals surface area contributed by atoms with Gasteiger partial charge in [0.1, 0.15) is 18.1 Å². The Labute approximate surface area is 167 Å². The molecule has 144 valence electrons. The summed E-state index contributed by atoms with van der Waals surface area (Å²) in [7, 11) is 1.64. The minimum absolute atomic E-state index is 0.00390. The topological polar surface area (TPSA) is 56.6 Å². The first-order valence-electron chi connectivity index (χ1n) is 9.44. The molecule has 6 nitrogen and oxygen atoms in total. The molecule has 0 saturated carbocycles. The highest BCUT2D eigenvalue weighted by Gasteiger charge is 2.34. The molecule has 1 unspecified atom stereocenters. The van der Waals surface area contributed by atoms with Gasteiger partial charge in [-0.15, -0.1) is 0 Å². The molecule has 2 aliphatic rings. The number of thiophene rings is 1. The number of aromatic nitrogens is 2. The maximum atomic E-state index is 13.3. The van der Waals surface area contributed by atoms with Crippen molar-refractivity contribution >= 4 is 17.2 Å². The highest BCUT2D eigenvalue weighted by atomic mass is 32.1. The summed E-state index contributed by atoms with van der Waals surface area (Å²) < 4.78 is 13.2. The fourth-order valence-corrected chi connectivity index (χ4v) is 4.68. The fraction of sp³-hybridized carbons (Fsp3) is 0.333. The van der Waals surface area contributed by atoms with Crippen LogP contribution in [0.25, 0.3) is 16.9 Å². The Morgan fingerprint density at radius 3 is 2.96 bits per heavy atom. The molecule has 1 fully saturated rings. The molecule has 7 heteroatoms. The Bertz CT molecular complexity index is 1040. The van der Waals surface area contributed by atoms with Crippen LogP contribution in [0.1, 0.15) is 35.8 Å². The minimum Gasteiger partial charge on any atom is -0.497 e. The van der Waals surface area contributed by atoms with Gasteiger partial charge in [0.25, 0.3) is 5.91 Å². The number of hydrogen-bond donors (Lipinski definition) is 0. The summed E-state index contributed by atoms with van der Waals surface area (Å²) >= 11 is 1.61. The van der Waals surface area contributed by atoms with E-state index in [2.05, 4.69) is 6.92 Å². The third kappa shape index (κ3) is 2.61. The Hall–Kier alpha value is -2.80. The van der Waals surface area contributed by atoms with Gasteiger partial charge in [-0.1, -0.05) is 0 Å². The highest BCUT2D eigenvalue weighted by molar-refractivity contribution is 7.08. The summed E-state index contributed by atoms with van der Waals surface area (Å²) in [5.74, 6) is 1.48. The normalized spacial score (nSPS) is 17.8. The Balaban J connectivity index is 1.69. The lowest BCUT2D eigenvalue weighted by molar-refractivity contribution is 0.0738. The summed E-state index contributed by atoms with van der Waals surface area (Å²) in [5, 5.41) is 8.83. The number of hydrogen-bond acceptors (Lipinski definition) is 5. The molecular weight excluding hydrogens is 374 g/mol. The Morgan fingerprint density at radius 2 is 2.25 bits per heavy atom. The molecule has 28 heavy (non-hydrogen) atoms. The van der Waals surface area contributed by atoms with E-state index in [0.29, 0.717) is 12.3 Å². The van der Waals surface area contributed by atoms with Crippen molar-refractivity contribution in [2.24, 2.45) is 0 Å². The number of nitrogens with zero attached hydrogens (tertiary/aromatic N) is 3. The summed E-state index contributed by atoms with van der Waals surface area (Å²) in [6.07, 6.45) is 2.08. The number of methoxy groups -OCH3 is 1. The first-order chi connectivity index (χ1) is 13.7. The number of rotatable bonds is 3. The average Bonchev–Trinajstić information content (AvgIpc) is 3.46. The molecule has 1 amide bonds. The van der Waals surface area contributed by atoms with Gasteiger partial charge in [-0.3, -0.25) is 4.79 Å². The second kappa shape index (κ2) is 6.67. The second-order valence-electron chi connectivity index (χ2n) is 7.21. The van der Waals surface area contributed by atoms with E-state index in [9.17, 15) is 4.79 Å². The number of carbonyl (C=O) groups is 1. The van der Waals surface area contributed by atoms with Gasteiger partial charge in [0.15, 0.2) is 5.69 Å². The van der Waals surface area contributed by atoms with Crippen LogP contribution in [0.5, 0.6) is 11.5 Å². The van der Waals surface area contributed by atoms with Gasteiger partial charge in [0.05, 0.1) is 18.5 Å². The molecule has 3 aromatic rings. The molecule has 5 rings (SSSR count). The van der Waals surface area contributed by atoms with Crippen molar-refractivity contribution in [2.75, 3.05) is 13.7 Å². The number of benzene rings is 1. The van der Waals surface area contributed by atoms with Crippen LogP contribution >= 0.6 is 11.3 Å². The second-order valence-corrected chi connectivity index (χ2v) is 7.99. The first-order valence-corrected chi connectivity index (χ1v) is 10.4. The van der Waals surface area contributed by atoms with Crippen LogP contribution < -0.4 is 9.47 Å². The molecular formula is C21H21N3O3S. The van der Waals surface area contributed by atoms with Crippen molar-refractivity contribution < 1.29 is 14.3 Å². The van der Waals surface area contributed by atoms with Crippen LogP contribution in [-0.2, 0) is 6.61 Å². The van der Waals surface area contributed by atoms with E-state index in [1.165, 1.54) is 0 Å². The maximum Gasteiger partial charge on any atom is 0.275 e. The standard InChI is InChI=1S/C21H21N3O3S/c1-13-4-3-8-23(13)21(25)19-17-11-27-18-10-15(26-2)5-6-16(18)20(17)24(22-19)14-7-9-28-12-14/h5-7,9-10,12-13H,3-4,8,11H2,1-2H3. The average molecular weight is 395 g/mol.